The summed E-state index contributed by atoms with van der Waals surface area (Å²) in [7, 11) is 0. The van der Waals surface area contributed by atoms with Crippen LogP contribution in [0.2, 0.25) is 0 Å². The molecule has 0 aliphatic rings. The van der Waals surface area contributed by atoms with Gasteiger partial charge in [-0.1, -0.05) is 49.0 Å². The highest BCUT2D eigenvalue weighted by Crippen LogP contribution is 2.35. The number of thioether (sulfide) groups is 1. The van der Waals surface area contributed by atoms with E-state index in [1.165, 1.54) is 11.8 Å². The van der Waals surface area contributed by atoms with E-state index < -0.39 is 0 Å². The maximum atomic E-state index is 11.8. The molecule has 2 heterocycles. The molecule has 0 fully saturated rings. The fraction of sp³-hybridized carbons (Fsp3) is 0.294. The Balaban J connectivity index is 1.90. The number of aryl methyl sites for hydroxylation is 1. The lowest BCUT2D eigenvalue weighted by molar-refractivity contribution is -0.118. The van der Waals surface area contributed by atoms with Crippen LogP contribution in [0.1, 0.15) is 18.4 Å². The fourth-order valence-electron chi connectivity index (χ4n) is 2.25. The van der Waals surface area contributed by atoms with Crippen LogP contribution in [0.5, 0.6) is 0 Å². The molecule has 2 aromatic heterocycles. The molecule has 7 heteroatoms. The van der Waals surface area contributed by atoms with E-state index in [0.717, 1.165) is 32.9 Å². The maximum Gasteiger partial charge on any atom is 0.230 e. The summed E-state index contributed by atoms with van der Waals surface area (Å²) >= 11 is 2.99. The molecule has 0 spiro atoms. The molecule has 0 radical (unpaired) electrons. The molecule has 5 nitrogen and oxygen atoms in total. The van der Waals surface area contributed by atoms with Gasteiger partial charge < -0.3 is 5.32 Å². The van der Waals surface area contributed by atoms with E-state index in [-0.39, 0.29) is 5.91 Å². The zero-order valence-corrected chi connectivity index (χ0v) is 15.2. The third kappa shape index (κ3) is 3.73. The molecule has 0 aliphatic carbocycles. The molecule has 0 bridgehead atoms. The van der Waals surface area contributed by atoms with Gasteiger partial charge in [-0.15, -0.1) is 21.5 Å². The topological polar surface area (TPSA) is 67.8 Å². The normalized spacial score (nSPS) is 10.9. The number of thiazole rings is 1. The number of hydrogen-bond donors (Lipinski definition) is 1. The van der Waals surface area contributed by atoms with Crippen molar-refractivity contribution in [1.29, 1.82) is 0 Å². The largest absolute Gasteiger partial charge is 0.355 e. The van der Waals surface area contributed by atoms with Gasteiger partial charge in [0.1, 0.15) is 16.2 Å². The Morgan fingerprint density at radius 2 is 2.04 bits per heavy atom. The molecule has 0 atom stereocenters. The van der Waals surface area contributed by atoms with Gasteiger partial charge in [-0.25, -0.2) is 4.98 Å². The lowest BCUT2D eigenvalue weighted by atomic mass is 10.1. The van der Waals surface area contributed by atoms with Gasteiger partial charge in [-0.05, 0) is 13.3 Å². The lowest BCUT2D eigenvalue weighted by Gasteiger charge is -2.05. The number of amides is 1. The first-order chi connectivity index (χ1) is 11.7. The van der Waals surface area contributed by atoms with Crippen LogP contribution in [0.15, 0.2) is 35.4 Å². The second-order valence-electron chi connectivity index (χ2n) is 5.27. The monoisotopic (exact) mass is 358 g/mol. The molecule has 0 unspecified atom stereocenters. The number of carbonyl (C=O) groups excluding carboxylic acids is 1. The summed E-state index contributed by atoms with van der Waals surface area (Å²) < 4.78 is 1.02. The van der Waals surface area contributed by atoms with Crippen LogP contribution >= 0.6 is 23.1 Å². The standard InChI is InChI=1S/C17H18N4OS2/c1-3-9-18-13(22)10-23-17-15-16(24-11(2)19-15)14(20-21-17)12-7-5-4-6-8-12/h4-8H,3,9-10H2,1-2H3,(H,18,22). The summed E-state index contributed by atoms with van der Waals surface area (Å²) in [6, 6.07) is 9.98. The molecule has 0 saturated carbocycles. The van der Waals surface area contributed by atoms with Crippen molar-refractivity contribution >= 4 is 39.2 Å². The molecule has 0 saturated heterocycles. The molecule has 3 aromatic rings. The summed E-state index contributed by atoms with van der Waals surface area (Å²) in [5, 5.41) is 13.3. The van der Waals surface area contributed by atoms with Crippen molar-refractivity contribution in [3.8, 4) is 11.3 Å². The van der Waals surface area contributed by atoms with Crippen molar-refractivity contribution in [3.05, 3.63) is 35.3 Å². The molecular weight excluding hydrogens is 340 g/mol. The molecule has 1 amide bonds. The minimum absolute atomic E-state index is 0.0101. The Morgan fingerprint density at radius 3 is 2.79 bits per heavy atom. The van der Waals surface area contributed by atoms with E-state index >= 15 is 0 Å². The van der Waals surface area contributed by atoms with E-state index in [2.05, 4.69) is 20.5 Å². The molecule has 1 N–H and O–H groups in total. The van der Waals surface area contributed by atoms with Crippen LogP contribution in [-0.2, 0) is 4.79 Å². The number of nitrogens with one attached hydrogen (secondary N) is 1. The van der Waals surface area contributed by atoms with E-state index in [1.807, 2.05) is 44.2 Å². The van der Waals surface area contributed by atoms with Crippen LogP contribution in [0.4, 0.5) is 0 Å². The van der Waals surface area contributed by atoms with Gasteiger partial charge in [0.25, 0.3) is 0 Å². The van der Waals surface area contributed by atoms with Gasteiger partial charge >= 0.3 is 0 Å². The number of nitrogens with zero attached hydrogens (tertiary/aromatic N) is 3. The van der Waals surface area contributed by atoms with Crippen molar-refractivity contribution < 1.29 is 4.79 Å². The number of benzene rings is 1. The van der Waals surface area contributed by atoms with E-state index in [1.54, 1.807) is 11.3 Å². The Morgan fingerprint density at radius 1 is 1.25 bits per heavy atom. The Bertz CT molecular complexity index is 848. The fourth-order valence-corrected chi connectivity index (χ4v) is 4.00. The molecule has 3 rings (SSSR count). The number of carbonyl (C=O) groups is 1. The number of aromatic nitrogens is 3. The molecule has 124 valence electrons. The lowest BCUT2D eigenvalue weighted by Crippen LogP contribution is -2.25. The van der Waals surface area contributed by atoms with Crippen LogP contribution in [-0.4, -0.2) is 33.4 Å². The van der Waals surface area contributed by atoms with Gasteiger partial charge in [0.05, 0.1) is 15.5 Å². The Hall–Kier alpha value is -1.99. The van der Waals surface area contributed by atoms with E-state index in [9.17, 15) is 4.79 Å². The van der Waals surface area contributed by atoms with Gasteiger partial charge in [0.15, 0.2) is 0 Å². The zero-order valence-electron chi connectivity index (χ0n) is 13.6. The summed E-state index contributed by atoms with van der Waals surface area (Å²) in [6.07, 6.45) is 0.928. The molecule has 1 aromatic carbocycles. The second kappa shape index (κ2) is 7.72. The smallest absolute Gasteiger partial charge is 0.230 e. The number of hydrogen-bond acceptors (Lipinski definition) is 6. The zero-order chi connectivity index (χ0) is 16.9. The van der Waals surface area contributed by atoms with Crippen molar-refractivity contribution in [2.24, 2.45) is 0 Å². The average Bonchev–Trinajstić information content (AvgIpc) is 3.00. The molecular formula is C17H18N4OS2. The van der Waals surface area contributed by atoms with Crippen molar-refractivity contribution in [3.63, 3.8) is 0 Å². The van der Waals surface area contributed by atoms with Crippen molar-refractivity contribution in [2.45, 2.75) is 25.3 Å². The highest BCUT2D eigenvalue weighted by Gasteiger charge is 2.16. The van der Waals surface area contributed by atoms with Gasteiger partial charge in [0, 0.05) is 12.1 Å². The van der Waals surface area contributed by atoms with Gasteiger partial charge in [-0.2, -0.15) is 0 Å². The molecule has 24 heavy (non-hydrogen) atoms. The minimum atomic E-state index is 0.0101. The maximum absolute atomic E-state index is 11.8. The summed E-state index contributed by atoms with van der Waals surface area (Å²) in [5.41, 5.74) is 2.70. The highest BCUT2D eigenvalue weighted by atomic mass is 32.2. The Kier molecular flexibility index (Phi) is 5.42. The molecule has 0 aliphatic heterocycles. The van der Waals surface area contributed by atoms with Crippen LogP contribution in [0, 0.1) is 6.92 Å². The third-order valence-corrected chi connectivity index (χ3v) is 5.28. The minimum Gasteiger partial charge on any atom is -0.355 e. The Labute approximate surface area is 148 Å². The SMILES string of the molecule is CCCNC(=O)CSc1nnc(-c2ccccc2)c2sc(C)nc12. The summed E-state index contributed by atoms with van der Waals surface area (Å²) in [5.74, 6) is 0.335. The van der Waals surface area contributed by atoms with Crippen LogP contribution in [0.3, 0.4) is 0 Å². The van der Waals surface area contributed by atoms with E-state index in [4.69, 9.17) is 0 Å². The quantitative estimate of drug-likeness (QED) is 0.681. The van der Waals surface area contributed by atoms with Crippen molar-refractivity contribution in [2.75, 3.05) is 12.3 Å². The van der Waals surface area contributed by atoms with E-state index in [0.29, 0.717) is 17.3 Å². The second-order valence-corrected chi connectivity index (χ2v) is 7.44. The number of rotatable bonds is 6. The average molecular weight is 358 g/mol. The summed E-state index contributed by atoms with van der Waals surface area (Å²) in [6.45, 7) is 4.70. The predicted octanol–water partition coefficient (Wildman–Crippen LogP) is 3.68. The number of fused-ring (bicyclic) bond motifs is 1. The third-order valence-electron chi connectivity index (χ3n) is 3.35. The van der Waals surface area contributed by atoms with Crippen LogP contribution in [0.25, 0.3) is 21.5 Å². The first-order valence-corrected chi connectivity index (χ1v) is 9.58. The summed E-state index contributed by atoms with van der Waals surface area (Å²) in [4.78, 5) is 16.4. The predicted molar refractivity (Wildman–Crippen MR) is 99.4 cm³/mol. The van der Waals surface area contributed by atoms with Crippen LogP contribution < -0.4 is 5.32 Å². The van der Waals surface area contributed by atoms with Gasteiger partial charge in [0.2, 0.25) is 5.91 Å². The first kappa shape index (κ1) is 16.9. The van der Waals surface area contributed by atoms with Gasteiger partial charge in [-0.3, -0.25) is 4.79 Å². The first-order valence-electron chi connectivity index (χ1n) is 7.77. The van der Waals surface area contributed by atoms with Crippen molar-refractivity contribution in [1.82, 2.24) is 20.5 Å². The highest BCUT2D eigenvalue weighted by molar-refractivity contribution is 8.00.